The summed E-state index contributed by atoms with van der Waals surface area (Å²) in [6.07, 6.45) is 0.0943. The second-order valence-corrected chi connectivity index (χ2v) is 10.5. The fourth-order valence-corrected chi connectivity index (χ4v) is 5.47. The fourth-order valence-electron chi connectivity index (χ4n) is 5.31. The number of piperidine rings is 1. The number of fused-ring (bicyclic) bond motifs is 2. The highest BCUT2D eigenvalue weighted by molar-refractivity contribution is 6.31. The number of pyridine rings is 1. The number of carbonyl (C=O) groups is 4. The number of nitrogens with one attached hydrogen (secondary N) is 3. The van der Waals surface area contributed by atoms with E-state index in [1.807, 2.05) is 0 Å². The topological polar surface area (TPSA) is 159 Å². The minimum absolute atomic E-state index is 0.00877. The molecule has 14 heteroatoms. The van der Waals surface area contributed by atoms with Crippen molar-refractivity contribution in [3.05, 3.63) is 82.4 Å². The van der Waals surface area contributed by atoms with Crippen molar-refractivity contribution < 1.29 is 38.1 Å². The average molecular weight is 612 g/mol. The van der Waals surface area contributed by atoms with E-state index in [1.165, 1.54) is 54.6 Å². The first-order valence-corrected chi connectivity index (χ1v) is 13.6. The van der Waals surface area contributed by atoms with E-state index >= 15 is 4.39 Å². The van der Waals surface area contributed by atoms with Crippen LogP contribution in [0, 0.1) is 5.82 Å². The predicted molar refractivity (Wildman–Crippen MR) is 153 cm³/mol. The van der Waals surface area contributed by atoms with Crippen LogP contribution in [0.2, 0.25) is 5.02 Å². The maximum Gasteiger partial charge on any atom is 0.412 e. The Balaban J connectivity index is 1.43. The molecule has 43 heavy (non-hydrogen) atoms. The number of carbonyl (C=O) groups excluding carboxylic acids is 3. The monoisotopic (exact) mass is 611 g/mol. The molecule has 0 bridgehead atoms. The largest absolute Gasteiger partial charge is 0.495 e. The van der Waals surface area contributed by atoms with E-state index in [-0.39, 0.29) is 53.5 Å². The zero-order valence-corrected chi connectivity index (χ0v) is 23.6. The lowest BCUT2D eigenvalue weighted by Gasteiger charge is -2.45. The molecule has 0 radical (unpaired) electrons. The molecule has 3 heterocycles. The summed E-state index contributed by atoms with van der Waals surface area (Å²) < 4.78 is 26.2. The Morgan fingerprint density at radius 3 is 2.65 bits per heavy atom. The number of amides is 4. The summed E-state index contributed by atoms with van der Waals surface area (Å²) in [6.45, 7) is 0.0997. The molecular weight excluding hydrogens is 585 g/mol. The highest BCUT2D eigenvalue weighted by atomic mass is 35.5. The van der Waals surface area contributed by atoms with Crippen LogP contribution >= 0.6 is 11.6 Å². The summed E-state index contributed by atoms with van der Waals surface area (Å²) in [4.78, 5) is 56.4. The number of benzene rings is 2. The Morgan fingerprint density at radius 2 is 1.98 bits per heavy atom. The Kier molecular flexibility index (Phi) is 8.35. The molecule has 2 atom stereocenters. The molecule has 2 aliphatic heterocycles. The summed E-state index contributed by atoms with van der Waals surface area (Å²) in [6, 6.07) is 10.7. The molecule has 1 saturated heterocycles. The first-order valence-electron chi connectivity index (χ1n) is 13.3. The molecular formula is C29H27ClFN5O7. The SMILES string of the molecule is COc1ccc(C[C@H](NC(=O)c2ccc(NC(=O)O)cc2)C(=O)N2CCC[C@@]3(C2)OC(=O)Nc2ccc(Cl)c(F)c23)nc1. The van der Waals surface area contributed by atoms with Gasteiger partial charge in [0, 0.05) is 29.9 Å². The van der Waals surface area contributed by atoms with Crippen molar-refractivity contribution >= 4 is 47.0 Å². The van der Waals surface area contributed by atoms with Crippen molar-refractivity contribution in [3.8, 4) is 5.75 Å². The molecule has 2 aromatic carbocycles. The van der Waals surface area contributed by atoms with Crippen molar-refractivity contribution in [2.45, 2.75) is 30.9 Å². The van der Waals surface area contributed by atoms with Crippen LogP contribution < -0.4 is 20.7 Å². The standard InChI is InChI=1S/C29H27ClFN5O7/c1-42-19-8-7-18(32-14-19)13-22(34-25(37)16-3-5-17(6-4-16)33-27(39)40)26(38)36-12-2-11-29(15-36)23-21(35-28(41)43-29)10-9-20(30)24(23)31/h3-10,14,22,33H,2,11-13,15H2,1H3,(H,34,37)(H,35,41)(H,39,40)/t22-,29-/m0/s1. The lowest BCUT2D eigenvalue weighted by Crippen LogP contribution is -2.58. The number of hydrogen-bond donors (Lipinski definition) is 4. The minimum Gasteiger partial charge on any atom is -0.495 e. The number of likely N-dealkylation sites (tertiary alicyclic amines) is 1. The van der Waals surface area contributed by atoms with E-state index in [2.05, 4.69) is 20.9 Å². The summed E-state index contributed by atoms with van der Waals surface area (Å²) >= 11 is 6.08. The van der Waals surface area contributed by atoms with Crippen LogP contribution in [0.3, 0.4) is 0 Å². The Bertz CT molecular complexity index is 1570. The van der Waals surface area contributed by atoms with Crippen molar-refractivity contribution in [1.82, 2.24) is 15.2 Å². The lowest BCUT2D eigenvalue weighted by atomic mass is 9.82. The smallest absolute Gasteiger partial charge is 0.412 e. The second-order valence-electron chi connectivity index (χ2n) is 10.1. The summed E-state index contributed by atoms with van der Waals surface area (Å²) in [5, 5.41) is 16.2. The molecule has 12 nitrogen and oxygen atoms in total. The zero-order chi connectivity index (χ0) is 30.7. The fraction of sp³-hybridized carbons (Fsp3) is 0.276. The normalized spacial score (nSPS) is 18.1. The van der Waals surface area contributed by atoms with Crippen molar-refractivity contribution in [2.75, 3.05) is 30.8 Å². The number of methoxy groups -OCH3 is 1. The lowest BCUT2D eigenvalue weighted by molar-refractivity contribution is -0.141. The maximum absolute atomic E-state index is 15.4. The molecule has 224 valence electrons. The van der Waals surface area contributed by atoms with Gasteiger partial charge in [-0.3, -0.25) is 25.2 Å². The van der Waals surface area contributed by atoms with Crippen LogP contribution in [0.5, 0.6) is 5.75 Å². The molecule has 2 aliphatic rings. The molecule has 1 aromatic heterocycles. The van der Waals surface area contributed by atoms with Gasteiger partial charge < -0.3 is 24.8 Å². The van der Waals surface area contributed by atoms with Crippen LogP contribution in [-0.4, -0.2) is 65.2 Å². The summed E-state index contributed by atoms with van der Waals surface area (Å²) in [7, 11) is 1.49. The molecule has 1 spiro atoms. The Hall–Kier alpha value is -4.91. The quantitative estimate of drug-likeness (QED) is 0.306. The molecule has 4 amide bonds. The molecule has 0 unspecified atom stereocenters. The van der Waals surface area contributed by atoms with Gasteiger partial charge in [-0.2, -0.15) is 0 Å². The van der Waals surface area contributed by atoms with Crippen molar-refractivity contribution in [2.24, 2.45) is 0 Å². The number of halogens is 2. The van der Waals surface area contributed by atoms with Gasteiger partial charge in [0.25, 0.3) is 5.91 Å². The van der Waals surface area contributed by atoms with Gasteiger partial charge in [0.05, 0.1) is 36.1 Å². The molecule has 1 fully saturated rings. The maximum atomic E-state index is 15.4. The van der Waals surface area contributed by atoms with Gasteiger partial charge in [-0.25, -0.2) is 14.0 Å². The molecule has 0 aliphatic carbocycles. The first-order chi connectivity index (χ1) is 20.6. The highest BCUT2D eigenvalue weighted by Crippen LogP contribution is 2.45. The van der Waals surface area contributed by atoms with Gasteiger partial charge in [-0.1, -0.05) is 11.6 Å². The van der Waals surface area contributed by atoms with E-state index in [0.717, 1.165) is 0 Å². The van der Waals surface area contributed by atoms with Crippen LogP contribution in [-0.2, 0) is 21.6 Å². The highest BCUT2D eigenvalue weighted by Gasteiger charge is 2.49. The predicted octanol–water partition coefficient (Wildman–Crippen LogP) is 4.39. The molecule has 0 saturated carbocycles. The molecule has 3 aromatic rings. The number of carboxylic acid groups (broad SMARTS) is 1. The van der Waals surface area contributed by atoms with Crippen molar-refractivity contribution in [3.63, 3.8) is 0 Å². The number of rotatable bonds is 7. The Labute approximate surface area is 250 Å². The van der Waals surface area contributed by atoms with Gasteiger partial charge in [0.1, 0.15) is 11.8 Å². The third-order valence-corrected chi connectivity index (χ3v) is 7.58. The Morgan fingerprint density at radius 1 is 1.21 bits per heavy atom. The van der Waals surface area contributed by atoms with E-state index in [1.54, 1.807) is 12.1 Å². The minimum atomic E-state index is -1.49. The van der Waals surface area contributed by atoms with Gasteiger partial charge in [-0.05, 0) is 61.4 Å². The van der Waals surface area contributed by atoms with Crippen LogP contribution in [0.4, 0.5) is 25.4 Å². The number of nitrogens with zero attached hydrogens (tertiary/aromatic N) is 2. The third kappa shape index (κ3) is 6.31. The molecule has 5 rings (SSSR count). The van der Waals surface area contributed by atoms with Gasteiger partial charge in [-0.15, -0.1) is 0 Å². The van der Waals surface area contributed by atoms with Gasteiger partial charge in [0.2, 0.25) is 5.91 Å². The van der Waals surface area contributed by atoms with Gasteiger partial charge in [0.15, 0.2) is 11.4 Å². The zero-order valence-electron chi connectivity index (χ0n) is 22.9. The van der Waals surface area contributed by atoms with E-state index in [0.29, 0.717) is 17.9 Å². The van der Waals surface area contributed by atoms with Crippen molar-refractivity contribution in [1.29, 1.82) is 0 Å². The number of aromatic nitrogens is 1. The molecule has 4 N–H and O–H groups in total. The number of anilines is 2. The van der Waals surface area contributed by atoms with Gasteiger partial charge >= 0.3 is 12.2 Å². The summed E-state index contributed by atoms with van der Waals surface area (Å²) in [5.74, 6) is -1.32. The van der Waals surface area contributed by atoms with Crippen LogP contribution in [0.15, 0.2) is 54.7 Å². The third-order valence-electron chi connectivity index (χ3n) is 7.29. The van der Waals surface area contributed by atoms with E-state index in [9.17, 15) is 19.2 Å². The van der Waals surface area contributed by atoms with E-state index < -0.39 is 41.5 Å². The second kappa shape index (κ2) is 12.1. The van der Waals surface area contributed by atoms with Crippen LogP contribution in [0.25, 0.3) is 0 Å². The first kappa shape index (κ1) is 29.6. The average Bonchev–Trinajstić information content (AvgIpc) is 2.98. The van der Waals surface area contributed by atoms with E-state index in [4.69, 9.17) is 26.2 Å². The number of ether oxygens (including phenoxy) is 2. The number of hydrogen-bond acceptors (Lipinski definition) is 7. The summed E-state index contributed by atoms with van der Waals surface area (Å²) in [5.41, 5.74) is -0.277. The van der Waals surface area contributed by atoms with Crippen LogP contribution in [0.1, 0.15) is 34.5 Å².